The minimum Gasteiger partial charge on any atom is -0.360 e. The van der Waals surface area contributed by atoms with Crippen LogP contribution < -0.4 is 16.0 Å². The second-order valence-corrected chi connectivity index (χ2v) is 8.92. The van der Waals surface area contributed by atoms with E-state index in [1.807, 2.05) is 30.3 Å². The van der Waals surface area contributed by atoms with Crippen molar-refractivity contribution in [2.75, 3.05) is 23.7 Å². The highest BCUT2D eigenvalue weighted by Gasteiger charge is 2.29. The van der Waals surface area contributed by atoms with Crippen molar-refractivity contribution in [3.63, 3.8) is 0 Å². The maximum absolute atomic E-state index is 12.2. The van der Waals surface area contributed by atoms with Crippen LogP contribution in [-0.4, -0.2) is 35.1 Å². The molecule has 0 spiro atoms. The van der Waals surface area contributed by atoms with E-state index in [9.17, 15) is 9.59 Å². The summed E-state index contributed by atoms with van der Waals surface area (Å²) in [7, 11) is 0. The second-order valence-electron chi connectivity index (χ2n) is 6.20. The van der Waals surface area contributed by atoms with E-state index in [0.29, 0.717) is 23.8 Å². The number of rotatable bonds is 6. The number of anilines is 2. The van der Waals surface area contributed by atoms with Crippen molar-refractivity contribution >= 4 is 67.5 Å². The first-order valence-electron chi connectivity index (χ1n) is 8.72. The molecule has 0 bridgehead atoms. The van der Waals surface area contributed by atoms with Gasteiger partial charge in [-0.05, 0) is 30.3 Å². The summed E-state index contributed by atoms with van der Waals surface area (Å²) in [5, 5.41) is 9.82. The lowest BCUT2D eigenvalue weighted by Gasteiger charge is -2.23. The third kappa shape index (κ3) is 4.40. The standard InChI is InChI=1S/C19H17ClN4O2S2/c20-11-5-6-15-13(9-11)23-18(26)16(27-15)10-17(25)21-7-8-22-19-24-12-3-1-2-4-14(12)28-19/h1-6,9,16H,7-8,10H2,(H,21,25)(H,22,24)(H,23,26). The fourth-order valence-corrected chi connectivity index (χ4v) is 4.97. The lowest BCUT2D eigenvalue weighted by molar-refractivity contribution is -0.124. The number of fused-ring (bicyclic) bond motifs is 2. The number of benzene rings is 2. The molecule has 144 valence electrons. The summed E-state index contributed by atoms with van der Waals surface area (Å²) in [6, 6.07) is 13.3. The van der Waals surface area contributed by atoms with Crippen LogP contribution in [-0.2, 0) is 9.59 Å². The largest absolute Gasteiger partial charge is 0.360 e. The molecule has 6 nitrogen and oxygen atoms in total. The molecule has 4 rings (SSSR count). The molecular weight excluding hydrogens is 416 g/mol. The molecule has 2 aromatic carbocycles. The first kappa shape index (κ1) is 19.0. The van der Waals surface area contributed by atoms with E-state index in [1.165, 1.54) is 11.8 Å². The number of para-hydroxylation sites is 1. The summed E-state index contributed by atoms with van der Waals surface area (Å²) >= 11 is 8.91. The Kier molecular flexibility index (Phi) is 5.70. The van der Waals surface area contributed by atoms with Gasteiger partial charge >= 0.3 is 0 Å². The predicted octanol–water partition coefficient (Wildman–Crippen LogP) is 3.98. The van der Waals surface area contributed by atoms with E-state index < -0.39 is 5.25 Å². The van der Waals surface area contributed by atoms with Gasteiger partial charge < -0.3 is 16.0 Å². The summed E-state index contributed by atoms with van der Waals surface area (Å²) in [5.74, 6) is -0.335. The maximum Gasteiger partial charge on any atom is 0.238 e. The zero-order valence-electron chi connectivity index (χ0n) is 14.7. The number of carbonyl (C=O) groups is 2. The maximum atomic E-state index is 12.2. The third-order valence-electron chi connectivity index (χ3n) is 4.15. The fourth-order valence-electron chi connectivity index (χ4n) is 2.82. The van der Waals surface area contributed by atoms with Crippen LogP contribution in [0.15, 0.2) is 47.4 Å². The van der Waals surface area contributed by atoms with Gasteiger partial charge in [-0.15, -0.1) is 11.8 Å². The molecular formula is C19H17ClN4O2S2. The number of aromatic nitrogens is 1. The average Bonchev–Trinajstić information content (AvgIpc) is 3.09. The number of halogens is 1. The van der Waals surface area contributed by atoms with E-state index >= 15 is 0 Å². The van der Waals surface area contributed by atoms with Gasteiger partial charge in [0.1, 0.15) is 0 Å². The molecule has 3 aromatic rings. The first-order valence-corrected chi connectivity index (χ1v) is 10.8. The van der Waals surface area contributed by atoms with Crippen LogP contribution in [0.5, 0.6) is 0 Å². The minimum atomic E-state index is -0.453. The second kappa shape index (κ2) is 8.38. The van der Waals surface area contributed by atoms with Crippen LogP contribution >= 0.6 is 34.7 Å². The third-order valence-corrected chi connectivity index (χ3v) is 6.65. The van der Waals surface area contributed by atoms with Gasteiger partial charge in [-0.2, -0.15) is 0 Å². The molecule has 2 amide bonds. The molecule has 2 heterocycles. The Morgan fingerprint density at radius 1 is 1.21 bits per heavy atom. The Bertz CT molecular complexity index is 1010. The van der Waals surface area contributed by atoms with Gasteiger partial charge in [0.25, 0.3) is 0 Å². The molecule has 1 aliphatic rings. The average molecular weight is 433 g/mol. The summed E-state index contributed by atoms with van der Waals surface area (Å²) in [6.07, 6.45) is 0.125. The molecule has 0 fully saturated rings. The number of nitrogens with zero attached hydrogens (tertiary/aromatic N) is 1. The smallest absolute Gasteiger partial charge is 0.238 e. The molecule has 1 aliphatic heterocycles. The Labute approximate surface area is 175 Å². The van der Waals surface area contributed by atoms with E-state index in [-0.39, 0.29) is 18.2 Å². The lowest BCUT2D eigenvalue weighted by atomic mass is 10.2. The Morgan fingerprint density at radius 3 is 2.93 bits per heavy atom. The van der Waals surface area contributed by atoms with E-state index in [1.54, 1.807) is 23.5 Å². The Hall–Kier alpha value is -2.29. The van der Waals surface area contributed by atoms with Gasteiger partial charge in [0.2, 0.25) is 11.8 Å². The van der Waals surface area contributed by atoms with E-state index in [2.05, 4.69) is 20.9 Å². The Balaban J connectivity index is 1.24. The minimum absolute atomic E-state index is 0.125. The van der Waals surface area contributed by atoms with Crippen molar-refractivity contribution in [2.45, 2.75) is 16.6 Å². The lowest BCUT2D eigenvalue weighted by Crippen LogP contribution is -2.36. The first-order chi connectivity index (χ1) is 13.6. The number of thioether (sulfide) groups is 1. The van der Waals surface area contributed by atoms with Crippen LogP contribution in [0.1, 0.15) is 6.42 Å². The topological polar surface area (TPSA) is 83.1 Å². The normalized spacial score (nSPS) is 15.8. The molecule has 3 N–H and O–H groups in total. The van der Waals surface area contributed by atoms with Gasteiger partial charge in [-0.25, -0.2) is 4.98 Å². The molecule has 0 saturated heterocycles. The summed E-state index contributed by atoms with van der Waals surface area (Å²) in [6.45, 7) is 1.02. The monoisotopic (exact) mass is 432 g/mol. The van der Waals surface area contributed by atoms with E-state index in [4.69, 9.17) is 11.6 Å². The van der Waals surface area contributed by atoms with Crippen LogP contribution in [0, 0.1) is 0 Å². The van der Waals surface area contributed by atoms with Crippen molar-refractivity contribution in [1.29, 1.82) is 0 Å². The zero-order chi connectivity index (χ0) is 19.5. The number of hydrogen-bond donors (Lipinski definition) is 3. The van der Waals surface area contributed by atoms with Crippen LogP contribution in [0.3, 0.4) is 0 Å². The summed E-state index contributed by atoms with van der Waals surface area (Å²) in [4.78, 5) is 29.8. The van der Waals surface area contributed by atoms with Crippen molar-refractivity contribution in [3.8, 4) is 0 Å². The Morgan fingerprint density at radius 2 is 2.07 bits per heavy atom. The van der Waals surface area contributed by atoms with Crippen molar-refractivity contribution < 1.29 is 9.59 Å². The molecule has 0 aliphatic carbocycles. The molecule has 28 heavy (non-hydrogen) atoms. The van der Waals surface area contributed by atoms with Crippen LogP contribution in [0.25, 0.3) is 10.2 Å². The zero-order valence-corrected chi connectivity index (χ0v) is 17.1. The van der Waals surface area contributed by atoms with E-state index in [0.717, 1.165) is 20.2 Å². The van der Waals surface area contributed by atoms with Crippen LogP contribution in [0.4, 0.5) is 10.8 Å². The van der Waals surface area contributed by atoms with Crippen molar-refractivity contribution in [3.05, 3.63) is 47.5 Å². The fraction of sp³-hybridized carbons (Fsp3) is 0.211. The number of hydrogen-bond acceptors (Lipinski definition) is 6. The highest BCUT2D eigenvalue weighted by Crippen LogP contribution is 2.38. The van der Waals surface area contributed by atoms with Gasteiger partial charge in [0.15, 0.2) is 5.13 Å². The molecule has 9 heteroatoms. The highest BCUT2D eigenvalue weighted by molar-refractivity contribution is 8.01. The van der Waals surface area contributed by atoms with Gasteiger partial charge in [0, 0.05) is 29.4 Å². The predicted molar refractivity (Wildman–Crippen MR) is 115 cm³/mol. The number of thiazole rings is 1. The highest BCUT2D eigenvalue weighted by atomic mass is 35.5. The number of nitrogens with one attached hydrogen (secondary N) is 3. The molecule has 1 aromatic heterocycles. The summed E-state index contributed by atoms with van der Waals surface area (Å²) < 4.78 is 1.12. The van der Waals surface area contributed by atoms with Gasteiger partial charge in [-0.1, -0.05) is 35.1 Å². The SMILES string of the molecule is O=C(CC1Sc2ccc(Cl)cc2NC1=O)NCCNc1nc2ccccc2s1. The van der Waals surface area contributed by atoms with Gasteiger partial charge in [-0.3, -0.25) is 9.59 Å². The van der Waals surface area contributed by atoms with Crippen molar-refractivity contribution in [2.24, 2.45) is 0 Å². The molecule has 1 atom stereocenters. The molecule has 1 unspecified atom stereocenters. The van der Waals surface area contributed by atoms with Gasteiger partial charge in [0.05, 0.1) is 21.2 Å². The number of amides is 2. The van der Waals surface area contributed by atoms with Crippen LogP contribution in [0.2, 0.25) is 5.02 Å². The number of carbonyl (C=O) groups excluding carboxylic acids is 2. The quantitative estimate of drug-likeness (QED) is 0.513. The molecule has 0 saturated carbocycles. The summed E-state index contributed by atoms with van der Waals surface area (Å²) in [5.41, 5.74) is 1.65. The van der Waals surface area contributed by atoms with Crippen molar-refractivity contribution in [1.82, 2.24) is 10.3 Å². The molecule has 0 radical (unpaired) electrons.